The zero-order chi connectivity index (χ0) is 17.1. The fourth-order valence-electron chi connectivity index (χ4n) is 2.99. The molecule has 2 aromatic heterocycles. The summed E-state index contributed by atoms with van der Waals surface area (Å²) >= 11 is 0. The van der Waals surface area contributed by atoms with Gasteiger partial charge in [-0.25, -0.2) is 0 Å². The van der Waals surface area contributed by atoms with E-state index in [1.54, 1.807) is 12.4 Å². The number of amides is 1. The van der Waals surface area contributed by atoms with Crippen molar-refractivity contribution in [2.45, 2.75) is 18.9 Å². The minimum atomic E-state index is -0.134. The highest BCUT2D eigenvalue weighted by Crippen LogP contribution is 2.29. The van der Waals surface area contributed by atoms with E-state index in [1.165, 1.54) is 5.56 Å². The highest BCUT2D eigenvalue weighted by molar-refractivity contribution is 5.89. The lowest BCUT2D eigenvalue weighted by Crippen LogP contribution is -2.23. The Morgan fingerprint density at radius 3 is 2.96 bits per heavy atom. The Hall–Kier alpha value is -3.06. The van der Waals surface area contributed by atoms with Crippen LogP contribution in [0.15, 0.2) is 48.8 Å². The fraction of sp³-hybridized carbons (Fsp3) is 0.222. The summed E-state index contributed by atoms with van der Waals surface area (Å²) in [5.41, 5.74) is 3.18. The van der Waals surface area contributed by atoms with Crippen LogP contribution in [0.2, 0.25) is 0 Å². The van der Waals surface area contributed by atoms with E-state index < -0.39 is 0 Å². The van der Waals surface area contributed by atoms with Crippen molar-refractivity contribution in [3.63, 3.8) is 0 Å². The molecule has 3 heterocycles. The van der Waals surface area contributed by atoms with Crippen LogP contribution in [0.3, 0.4) is 0 Å². The molecule has 0 fully saturated rings. The van der Waals surface area contributed by atoms with Crippen molar-refractivity contribution < 1.29 is 9.53 Å². The summed E-state index contributed by atoms with van der Waals surface area (Å²) < 4.78 is 5.60. The van der Waals surface area contributed by atoms with Crippen LogP contribution < -0.4 is 5.32 Å². The lowest BCUT2D eigenvalue weighted by molar-refractivity contribution is -0.117. The molecule has 0 spiro atoms. The highest BCUT2D eigenvalue weighted by Gasteiger charge is 2.23. The monoisotopic (exact) mass is 335 g/mol. The summed E-state index contributed by atoms with van der Waals surface area (Å²) in [6.45, 7) is 1.14. The molecule has 7 heteroatoms. The topological polar surface area (TPSA) is 92.8 Å². The van der Waals surface area contributed by atoms with Crippen LogP contribution in [0.25, 0.3) is 11.4 Å². The number of ether oxygens (including phenoxy) is 1. The first-order chi connectivity index (χ1) is 12.3. The van der Waals surface area contributed by atoms with Gasteiger partial charge in [0, 0.05) is 30.3 Å². The smallest absolute Gasteiger partial charge is 0.249 e. The van der Waals surface area contributed by atoms with Crippen molar-refractivity contribution in [3.05, 3.63) is 59.9 Å². The summed E-state index contributed by atoms with van der Waals surface area (Å²) in [5, 5.41) is 9.62. The number of hydrogen-bond acceptors (Lipinski definition) is 5. The third-order valence-corrected chi connectivity index (χ3v) is 4.19. The molecule has 0 radical (unpaired) electrons. The number of nitrogens with one attached hydrogen (secondary N) is 2. The number of H-pyrrole nitrogens is 1. The van der Waals surface area contributed by atoms with E-state index in [2.05, 4.69) is 31.5 Å². The molecule has 126 valence electrons. The van der Waals surface area contributed by atoms with E-state index in [0.717, 1.165) is 11.1 Å². The van der Waals surface area contributed by atoms with E-state index in [-0.39, 0.29) is 17.8 Å². The highest BCUT2D eigenvalue weighted by atomic mass is 16.5. The van der Waals surface area contributed by atoms with E-state index in [1.807, 2.05) is 30.3 Å². The van der Waals surface area contributed by atoms with Gasteiger partial charge < -0.3 is 4.74 Å². The van der Waals surface area contributed by atoms with Gasteiger partial charge in [0.15, 0.2) is 5.82 Å². The van der Waals surface area contributed by atoms with Crippen LogP contribution in [-0.2, 0) is 16.1 Å². The molecule has 0 aliphatic carbocycles. The molecule has 2 N–H and O–H groups in total. The summed E-state index contributed by atoms with van der Waals surface area (Å²) in [6.07, 6.45) is 3.68. The molecule has 1 aromatic carbocycles. The standard InChI is InChI=1S/C18H17N5O2/c24-16(9-14-11-25-10-13-3-1-2-4-15(13)14)20-18-21-17(22-23-18)12-5-7-19-8-6-12/h1-8,14H,9-11H2,(H2,20,21,22,23,24). The van der Waals surface area contributed by atoms with E-state index in [0.29, 0.717) is 25.5 Å². The molecule has 1 amide bonds. The number of carbonyl (C=O) groups excluding carboxylic acids is 1. The van der Waals surface area contributed by atoms with Crippen LogP contribution in [0, 0.1) is 0 Å². The van der Waals surface area contributed by atoms with Crippen molar-refractivity contribution in [1.82, 2.24) is 20.2 Å². The number of pyridine rings is 1. The Labute approximate surface area is 144 Å². The normalized spacial score (nSPS) is 16.2. The quantitative estimate of drug-likeness (QED) is 0.764. The lowest BCUT2D eigenvalue weighted by atomic mass is 9.90. The summed E-state index contributed by atoms with van der Waals surface area (Å²) in [4.78, 5) is 20.6. The number of anilines is 1. The van der Waals surface area contributed by atoms with Crippen LogP contribution >= 0.6 is 0 Å². The van der Waals surface area contributed by atoms with Gasteiger partial charge in [0.2, 0.25) is 11.9 Å². The zero-order valence-electron chi connectivity index (χ0n) is 13.5. The summed E-state index contributed by atoms with van der Waals surface area (Å²) in [7, 11) is 0. The van der Waals surface area contributed by atoms with Crippen molar-refractivity contribution in [3.8, 4) is 11.4 Å². The maximum absolute atomic E-state index is 12.4. The molecule has 0 saturated carbocycles. The second kappa shape index (κ2) is 6.82. The Balaban J connectivity index is 1.43. The molecule has 3 aromatic rings. The lowest BCUT2D eigenvalue weighted by Gasteiger charge is -2.25. The van der Waals surface area contributed by atoms with Gasteiger partial charge in [-0.15, -0.1) is 5.10 Å². The predicted octanol–water partition coefficient (Wildman–Crippen LogP) is 2.51. The molecule has 1 aliphatic rings. The second-order valence-corrected chi connectivity index (χ2v) is 5.91. The first-order valence-electron chi connectivity index (χ1n) is 8.08. The van der Waals surface area contributed by atoms with Crippen molar-refractivity contribution >= 4 is 11.9 Å². The Morgan fingerprint density at radius 2 is 2.08 bits per heavy atom. The molecule has 0 bridgehead atoms. The average molecular weight is 335 g/mol. The number of hydrogen-bond donors (Lipinski definition) is 2. The van der Waals surface area contributed by atoms with Gasteiger partial charge in [0.25, 0.3) is 0 Å². The molecule has 0 saturated heterocycles. The first-order valence-corrected chi connectivity index (χ1v) is 8.08. The molecule has 25 heavy (non-hydrogen) atoms. The van der Waals surface area contributed by atoms with Crippen LogP contribution in [0.4, 0.5) is 5.95 Å². The third-order valence-electron chi connectivity index (χ3n) is 4.19. The van der Waals surface area contributed by atoms with Crippen LogP contribution in [0.1, 0.15) is 23.5 Å². The molecule has 1 unspecified atom stereocenters. The molecular formula is C18H17N5O2. The number of benzene rings is 1. The van der Waals surface area contributed by atoms with Gasteiger partial charge in [0.05, 0.1) is 13.2 Å². The van der Waals surface area contributed by atoms with Gasteiger partial charge in [0.1, 0.15) is 0 Å². The maximum atomic E-state index is 12.4. The molecule has 1 aliphatic heterocycles. The Morgan fingerprint density at radius 1 is 1.24 bits per heavy atom. The Kier molecular flexibility index (Phi) is 4.22. The van der Waals surface area contributed by atoms with E-state index >= 15 is 0 Å². The van der Waals surface area contributed by atoms with Gasteiger partial charge in [-0.1, -0.05) is 24.3 Å². The van der Waals surface area contributed by atoms with Crippen molar-refractivity contribution in [1.29, 1.82) is 0 Å². The number of aromatic nitrogens is 4. The molecular weight excluding hydrogens is 318 g/mol. The second-order valence-electron chi connectivity index (χ2n) is 5.91. The average Bonchev–Trinajstić information content (AvgIpc) is 3.11. The Bertz CT molecular complexity index is 878. The maximum Gasteiger partial charge on any atom is 0.249 e. The van der Waals surface area contributed by atoms with E-state index in [4.69, 9.17) is 4.74 Å². The van der Waals surface area contributed by atoms with Crippen molar-refractivity contribution in [2.24, 2.45) is 0 Å². The van der Waals surface area contributed by atoms with Gasteiger partial charge >= 0.3 is 0 Å². The number of carbonyl (C=O) groups is 1. The van der Waals surface area contributed by atoms with Crippen molar-refractivity contribution in [2.75, 3.05) is 11.9 Å². The molecule has 4 rings (SSSR count). The largest absolute Gasteiger partial charge is 0.376 e. The van der Waals surface area contributed by atoms with Crippen LogP contribution in [-0.4, -0.2) is 32.7 Å². The SMILES string of the molecule is O=C(CC1COCc2ccccc21)Nc1n[nH]c(-c2ccncc2)n1. The van der Waals surface area contributed by atoms with Gasteiger partial charge in [-0.05, 0) is 23.3 Å². The number of fused-ring (bicyclic) bond motifs is 1. The zero-order valence-corrected chi connectivity index (χ0v) is 13.5. The minimum absolute atomic E-state index is 0.0450. The first kappa shape index (κ1) is 15.5. The van der Waals surface area contributed by atoms with E-state index in [9.17, 15) is 4.79 Å². The summed E-state index contributed by atoms with van der Waals surface area (Å²) in [6, 6.07) is 11.7. The summed E-state index contributed by atoms with van der Waals surface area (Å²) in [5.74, 6) is 0.764. The predicted molar refractivity (Wildman–Crippen MR) is 91.7 cm³/mol. The van der Waals surface area contributed by atoms with Crippen LogP contribution in [0.5, 0.6) is 0 Å². The number of rotatable bonds is 4. The fourth-order valence-corrected chi connectivity index (χ4v) is 2.99. The molecule has 7 nitrogen and oxygen atoms in total. The number of nitrogens with zero attached hydrogens (tertiary/aromatic N) is 3. The third kappa shape index (κ3) is 3.41. The van der Waals surface area contributed by atoms with Gasteiger partial charge in [-0.2, -0.15) is 4.98 Å². The number of aromatic amines is 1. The minimum Gasteiger partial charge on any atom is -0.376 e. The van der Waals surface area contributed by atoms with Gasteiger partial charge in [-0.3, -0.25) is 20.2 Å². The molecule has 1 atom stereocenters.